The Morgan fingerprint density at radius 1 is 1.59 bits per heavy atom. The van der Waals surface area contributed by atoms with Gasteiger partial charge in [0.15, 0.2) is 0 Å². The molecule has 1 fully saturated rings. The van der Waals surface area contributed by atoms with E-state index in [1.165, 1.54) is 0 Å². The molecule has 92 valence electrons. The lowest BCUT2D eigenvalue weighted by Crippen LogP contribution is -2.41. The number of aryl methyl sites for hydroxylation is 1. The first-order valence-corrected chi connectivity index (χ1v) is 6.08. The van der Waals surface area contributed by atoms with Crippen LogP contribution in [-0.2, 0) is 11.3 Å². The Hall–Kier alpha value is -1.42. The summed E-state index contributed by atoms with van der Waals surface area (Å²) >= 11 is 0. The summed E-state index contributed by atoms with van der Waals surface area (Å²) in [5.41, 5.74) is 1.93. The maximum atomic E-state index is 12.1. The van der Waals surface area contributed by atoms with Crippen molar-refractivity contribution in [3.05, 3.63) is 29.6 Å². The molecule has 0 bridgehead atoms. The number of likely N-dealkylation sites (N-methyl/N-ethyl adjacent to an activating group) is 1. The van der Waals surface area contributed by atoms with Crippen molar-refractivity contribution in [1.29, 1.82) is 0 Å². The van der Waals surface area contributed by atoms with Gasteiger partial charge in [0.1, 0.15) is 0 Å². The highest BCUT2D eigenvalue weighted by atomic mass is 16.2. The molecular weight excluding hydrogens is 214 g/mol. The van der Waals surface area contributed by atoms with Gasteiger partial charge in [-0.25, -0.2) is 0 Å². The lowest BCUT2D eigenvalue weighted by atomic mass is 10.2. The van der Waals surface area contributed by atoms with Gasteiger partial charge in [-0.15, -0.1) is 0 Å². The molecule has 1 atom stereocenters. The molecule has 1 aliphatic heterocycles. The van der Waals surface area contributed by atoms with Crippen molar-refractivity contribution in [2.75, 3.05) is 13.6 Å². The lowest BCUT2D eigenvalue weighted by molar-refractivity contribution is -0.132. The monoisotopic (exact) mass is 233 g/mol. The second kappa shape index (κ2) is 5.27. The molecule has 1 aromatic heterocycles. The van der Waals surface area contributed by atoms with Crippen LogP contribution in [0.15, 0.2) is 18.2 Å². The number of hydrogen-bond acceptors (Lipinski definition) is 3. The second-order valence-corrected chi connectivity index (χ2v) is 4.61. The molecule has 1 amide bonds. The zero-order chi connectivity index (χ0) is 12.3. The van der Waals surface area contributed by atoms with E-state index in [1.54, 1.807) is 4.90 Å². The number of hydrogen-bond donors (Lipinski definition) is 1. The average Bonchev–Trinajstić information content (AvgIpc) is 2.81. The number of carbonyl (C=O) groups is 1. The fourth-order valence-electron chi connectivity index (χ4n) is 2.17. The molecule has 0 aliphatic carbocycles. The fraction of sp³-hybridized carbons (Fsp3) is 0.538. The number of rotatable bonds is 3. The van der Waals surface area contributed by atoms with Crippen LogP contribution in [0.3, 0.4) is 0 Å². The Morgan fingerprint density at radius 2 is 2.41 bits per heavy atom. The maximum Gasteiger partial charge on any atom is 0.239 e. The third-order valence-corrected chi connectivity index (χ3v) is 3.08. The molecule has 4 heteroatoms. The zero-order valence-electron chi connectivity index (χ0n) is 10.4. The van der Waals surface area contributed by atoms with Crippen molar-refractivity contribution in [2.45, 2.75) is 32.4 Å². The van der Waals surface area contributed by atoms with Gasteiger partial charge in [-0.3, -0.25) is 9.78 Å². The van der Waals surface area contributed by atoms with Gasteiger partial charge in [-0.2, -0.15) is 0 Å². The van der Waals surface area contributed by atoms with Crippen molar-refractivity contribution in [1.82, 2.24) is 15.2 Å². The van der Waals surface area contributed by atoms with E-state index in [9.17, 15) is 4.79 Å². The van der Waals surface area contributed by atoms with Gasteiger partial charge < -0.3 is 10.2 Å². The Balaban J connectivity index is 1.96. The summed E-state index contributed by atoms with van der Waals surface area (Å²) in [5, 5.41) is 3.22. The summed E-state index contributed by atoms with van der Waals surface area (Å²) in [7, 11) is 1.84. The van der Waals surface area contributed by atoms with Gasteiger partial charge in [0.05, 0.1) is 18.3 Å². The van der Waals surface area contributed by atoms with Gasteiger partial charge >= 0.3 is 0 Å². The van der Waals surface area contributed by atoms with Crippen molar-refractivity contribution >= 4 is 5.91 Å². The van der Waals surface area contributed by atoms with Crippen molar-refractivity contribution in [3.8, 4) is 0 Å². The minimum Gasteiger partial charge on any atom is -0.339 e. The predicted molar refractivity (Wildman–Crippen MR) is 66.5 cm³/mol. The first-order chi connectivity index (χ1) is 8.16. The van der Waals surface area contributed by atoms with Crippen molar-refractivity contribution in [2.24, 2.45) is 0 Å². The van der Waals surface area contributed by atoms with Crippen LogP contribution in [0.25, 0.3) is 0 Å². The fourth-order valence-corrected chi connectivity index (χ4v) is 2.17. The Labute approximate surface area is 102 Å². The highest BCUT2D eigenvalue weighted by Crippen LogP contribution is 2.09. The highest BCUT2D eigenvalue weighted by Gasteiger charge is 2.24. The van der Waals surface area contributed by atoms with E-state index < -0.39 is 0 Å². The number of nitrogens with zero attached hydrogens (tertiary/aromatic N) is 2. The van der Waals surface area contributed by atoms with Crippen LogP contribution in [0.2, 0.25) is 0 Å². The highest BCUT2D eigenvalue weighted by molar-refractivity contribution is 5.81. The van der Waals surface area contributed by atoms with E-state index in [0.29, 0.717) is 6.54 Å². The SMILES string of the molecule is Cc1cccc(CN(C)C(=O)[C@H]2CCCN2)n1. The molecule has 4 nitrogen and oxygen atoms in total. The van der Waals surface area contributed by atoms with Crippen LogP contribution in [0.4, 0.5) is 0 Å². The molecule has 0 spiro atoms. The molecule has 0 saturated carbocycles. The van der Waals surface area contributed by atoms with Crippen LogP contribution in [-0.4, -0.2) is 35.4 Å². The van der Waals surface area contributed by atoms with E-state index in [0.717, 1.165) is 30.8 Å². The van der Waals surface area contributed by atoms with Crippen LogP contribution in [0.5, 0.6) is 0 Å². The molecule has 1 N–H and O–H groups in total. The number of nitrogens with one attached hydrogen (secondary N) is 1. The van der Waals surface area contributed by atoms with Crippen LogP contribution >= 0.6 is 0 Å². The number of amides is 1. The summed E-state index contributed by atoms with van der Waals surface area (Å²) in [6.07, 6.45) is 2.04. The molecule has 0 aromatic carbocycles. The van der Waals surface area contributed by atoms with E-state index in [4.69, 9.17) is 0 Å². The molecule has 0 unspecified atom stereocenters. The topological polar surface area (TPSA) is 45.2 Å². The van der Waals surface area contributed by atoms with Gasteiger partial charge in [-0.05, 0) is 38.4 Å². The third kappa shape index (κ3) is 3.03. The Morgan fingerprint density at radius 3 is 3.06 bits per heavy atom. The minimum absolute atomic E-state index is 0.00445. The smallest absolute Gasteiger partial charge is 0.239 e. The van der Waals surface area contributed by atoms with Gasteiger partial charge in [0.2, 0.25) is 5.91 Å². The largest absolute Gasteiger partial charge is 0.339 e. The first-order valence-electron chi connectivity index (χ1n) is 6.08. The van der Waals surface area contributed by atoms with Crippen LogP contribution < -0.4 is 5.32 Å². The predicted octanol–water partition coefficient (Wildman–Crippen LogP) is 1.10. The Kier molecular flexibility index (Phi) is 3.74. The van der Waals surface area contributed by atoms with Crippen LogP contribution in [0, 0.1) is 6.92 Å². The average molecular weight is 233 g/mol. The zero-order valence-corrected chi connectivity index (χ0v) is 10.4. The molecular formula is C13H19N3O. The molecule has 1 saturated heterocycles. The maximum absolute atomic E-state index is 12.1. The minimum atomic E-state index is 0.00445. The molecule has 2 heterocycles. The van der Waals surface area contributed by atoms with Gasteiger partial charge in [-0.1, -0.05) is 6.07 Å². The summed E-state index contributed by atoms with van der Waals surface area (Å²) in [6.45, 7) is 3.50. The van der Waals surface area contributed by atoms with Gasteiger partial charge in [0, 0.05) is 12.7 Å². The second-order valence-electron chi connectivity index (χ2n) is 4.61. The van der Waals surface area contributed by atoms with E-state index in [1.807, 2.05) is 32.2 Å². The Bertz CT molecular complexity index is 399. The normalized spacial score (nSPS) is 19.3. The summed E-state index contributed by atoms with van der Waals surface area (Å²) in [6, 6.07) is 5.90. The van der Waals surface area contributed by atoms with Crippen molar-refractivity contribution in [3.63, 3.8) is 0 Å². The summed E-state index contributed by atoms with van der Waals surface area (Å²) < 4.78 is 0. The van der Waals surface area contributed by atoms with Crippen molar-refractivity contribution < 1.29 is 4.79 Å². The summed E-state index contributed by atoms with van der Waals surface area (Å²) in [4.78, 5) is 18.2. The quantitative estimate of drug-likeness (QED) is 0.850. The molecule has 17 heavy (non-hydrogen) atoms. The standard InChI is InChI=1S/C13H19N3O/c1-10-5-3-6-11(15-10)9-16(2)13(17)12-7-4-8-14-12/h3,5-6,12,14H,4,7-9H2,1-2H3/t12-/m1/s1. The van der Waals surface area contributed by atoms with Crippen LogP contribution in [0.1, 0.15) is 24.2 Å². The first kappa shape index (κ1) is 12.0. The third-order valence-electron chi connectivity index (χ3n) is 3.08. The molecule has 2 rings (SSSR count). The van der Waals surface area contributed by atoms with E-state index in [2.05, 4.69) is 10.3 Å². The van der Waals surface area contributed by atoms with Gasteiger partial charge in [0.25, 0.3) is 0 Å². The molecule has 0 radical (unpaired) electrons. The number of aromatic nitrogens is 1. The summed E-state index contributed by atoms with van der Waals surface area (Å²) in [5.74, 6) is 0.172. The molecule has 1 aromatic rings. The van der Waals surface area contributed by atoms with E-state index in [-0.39, 0.29) is 11.9 Å². The van der Waals surface area contributed by atoms with E-state index >= 15 is 0 Å². The number of carbonyl (C=O) groups excluding carboxylic acids is 1. The molecule has 1 aliphatic rings. The number of pyridine rings is 1. The lowest BCUT2D eigenvalue weighted by Gasteiger charge is -2.20.